The lowest BCUT2D eigenvalue weighted by Gasteiger charge is -2.17. The number of nitrogens with zero attached hydrogens (tertiary/aromatic N) is 3. The second-order valence-electron chi connectivity index (χ2n) is 7.85. The minimum absolute atomic E-state index is 0.0842. The molecule has 2 heterocycles. The lowest BCUT2D eigenvalue weighted by molar-refractivity contribution is -0.137. The normalized spacial score (nSPS) is 13.9. The first kappa shape index (κ1) is 22.8. The van der Waals surface area contributed by atoms with Crippen molar-refractivity contribution in [2.24, 2.45) is 13.0 Å². The van der Waals surface area contributed by atoms with Gasteiger partial charge in [-0.3, -0.25) is 9.48 Å². The topological polar surface area (TPSA) is 58.3 Å². The molecule has 1 aliphatic rings. The summed E-state index contributed by atoms with van der Waals surface area (Å²) in [5.74, 6) is -2.66. The van der Waals surface area contributed by atoms with Gasteiger partial charge in [-0.05, 0) is 31.7 Å². The van der Waals surface area contributed by atoms with Gasteiger partial charge < -0.3 is 9.47 Å². The number of halogens is 5. The third-order valence-corrected chi connectivity index (χ3v) is 5.50. The van der Waals surface area contributed by atoms with Gasteiger partial charge in [0, 0.05) is 30.8 Å². The van der Waals surface area contributed by atoms with Gasteiger partial charge in [-0.15, -0.1) is 0 Å². The van der Waals surface area contributed by atoms with Crippen LogP contribution in [-0.2, 0) is 13.2 Å². The predicted octanol–water partition coefficient (Wildman–Crippen LogP) is 4.64. The molecule has 0 spiro atoms. The fourth-order valence-corrected chi connectivity index (χ4v) is 3.60. The van der Waals surface area contributed by atoms with E-state index in [4.69, 9.17) is 9.47 Å². The SMILES string of the molecule is COc1cc(F)c(-c2c(C)c(=O)n(-c3nc(OCC4CC4)ccc3C(F)(F)F)n2C)c(F)c1. The number of benzene rings is 1. The van der Waals surface area contributed by atoms with Crippen LogP contribution in [0, 0.1) is 24.5 Å². The smallest absolute Gasteiger partial charge is 0.420 e. The average molecular weight is 469 g/mol. The number of rotatable bonds is 6. The van der Waals surface area contributed by atoms with E-state index in [2.05, 4.69) is 4.98 Å². The maximum Gasteiger partial charge on any atom is 0.420 e. The van der Waals surface area contributed by atoms with E-state index in [1.54, 1.807) is 0 Å². The molecule has 6 nitrogen and oxygen atoms in total. The first-order valence-corrected chi connectivity index (χ1v) is 10.1. The maximum absolute atomic E-state index is 14.7. The summed E-state index contributed by atoms with van der Waals surface area (Å²) in [7, 11) is 2.46. The molecule has 3 aromatic rings. The van der Waals surface area contributed by atoms with Crippen molar-refractivity contribution < 1.29 is 31.4 Å². The van der Waals surface area contributed by atoms with Crippen LogP contribution in [0.3, 0.4) is 0 Å². The van der Waals surface area contributed by atoms with Crippen LogP contribution in [0.1, 0.15) is 24.0 Å². The minimum Gasteiger partial charge on any atom is -0.497 e. The van der Waals surface area contributed by atoms with Crippen molar-refractivity contribution >= 4 is 0 Å². The van der Waals surface area contributed by atoms with E-state index in [0.29, 0.717) is 17.2 Å². The molecular formula is C22H20F5N3O3. The fraction of sp³-hybridized carbons (Fsp3) is 0.364. The zero-order valence-electron chi connectivity index (χ0n) is 18.0. The van der Waals surface area contributed by atoms with E-state index < -0.39 is 40.3 Å². The van der Waals surface area contributed by atoms with E-state index in [1.807, 2.05) is 0 Å². The highest BCUT2D eigenvalue weighted by Crippen LogP contribution is 2.36. The fourth-order valence-electron chi connectivity index (χ4n) is 3.60. The van der Waals surface area contributed by atoms with Gasteiger partial charge in [0.05, 0.1) is 25.0 Å². The van der Waals surface area contributed by atoms with Crippen molar-refractivity contribution in [1.82, 2.24) is 14.3 Å². The highest BCUT2D eigenvalue weighted by Gasteiger charge is 2.37. The largest absolute Gasteiger partial charge is 0.497 e. The summed E-state index contributed by atoms with van der Waals surface area (Å²) in [5, 5.41) is 0. The Kier molecular flexibility index (Phi) is 5.67. The summed E-state index contributed by atoms with van der Waals surface area (Å²) >= 11 is 0. The van der Waals surface area contributed by atoms with E-state index in [-0.39, 0.29) is 22.9 Å². The Bertz CT molecular complexity index is 1250. The molecule has 0 unspecified atom stereocenters. The van der Waals surface area contributed by atoms with Crippen LogP contribution in [0.25, 0.3) is 17.1 Å². The Morgan fingerprint density at radius 2 is 1.79 bits per heavy atom. The van der Waals surface area contributed by atoms with E-state index >= 15 is 0 Å². The van der Waals surface area contributed by atoms with Crippen LogP contribution in [0.4, 0.5) is 22.0 Å². The van der Waals surface area contributed by atoms with Gasteiger partial charge in [0.2, 0.25) is 5.88 Å². The summed E-state index contributed by atoms with van der Waals surface area (Å²) in [6.07, 6.45) is -2.91. The molecular weight excluding hydrogens is 449 g/mol. The molecule has 4 rings (SSSR count). The lowest BCUT2D eigenvalue weighted by Crippen LogP contribution is -2.25. The highest BCUT2D eigenvalue weighted by molar-refractivity contribution is 5.66. The summed E-state index contributed by atoms with van der Waals surface area (Å²) in [6.45, 7) is 1.57. The molecule has 0 N–H and O–H groups in total. The van der Waals surface area contributed by atoms with Gasteiger partial charge in [-0.2, -0.15) is 22.8 Å². The Labute approximate surface area is 185 Å². The number of pyridine rings is 1. The molecule has 0 bridgehead atoms. The third-order valence-electron chi connectivity index (χ3n) is 5.50. The number of methoxy groups -OCH3 is 1. The van der Waals surface area contributed by atoms with E-state index in [9.17, 15) is 26.7 Å². The van der Waals surface area contributed by atoms with Crippen LogP contribution in [0.5, 0.6) is 11.6 Å². The molecule has 0 radical (unpaired) electrons. The third kappa shape index (κ3) is 4.19. The first-order chi connectivity index (χ1) is 15.5. The molecule has 0 atom stereocenters. The van der Waals surface area contributed by atoms with E-state index in [1.165, 1.54) is 21.1 Å². The Morgan fingerprint density at radius 1 is 1.15 bits per heavy atom. The minimum atomic E-state index is -4.84. The first-order valence-electron chi connectivity index (χ1n) is 10.1. The predicted molar refractivity (Wildman–Crippen MR) is 109 cm³/mol. The molecule has 1 aromatic carbocycles. The van der Waals surface area contributed by atoms with Gasteiger partial charge in [0.1, 0.15) is 22.9 Å². The van der Waals surface area contributed by atoms with Gasteiger partial charge in [-0.1, -0.05) is 0 Å². The zero-order chi connectivity index (χ0) is 24.1. The Hall–Kier alpha value is -3.37. The summed E-state index contributed by atoms with van der Waals surface area (Å²) in [6, 6.07) is 3.70. The van der Waals surface area contributed by atoms with Crippen molar-refractivity contribution in [3.63, 3.8) is 0 Å². The molecule has 1 aliphatic carbocycles. The number of aromatic nitrogens is 3. The van der Waals surface area contributed by atoms with Gasteiger partial charge >= 0.3 is 6.18 Å². The quantitative estimate of drug-likeness (QED) is 0.494. The van der Waals surface area contributed by atoms with Crippen LogP contribution in [0.15, 0.2) is 29.1 Å². The second-order valence-corrected chi connectivity index (χ2v) is 7.85. The number of ether oxygens (including phenoxy) is 2. The molecule has 1 fully saturated rings. The van der Waals surface area contributed by atoms with Crippen LogP contribution in [-0.4, -0.2) is 28.1 Å². The van der Waals surface area contributed by atoms with Gasteiger partial charge in [0.25, 0.3) is 5.56 Å². The molecule has 0 aliphatic heterocycles. The summed E-state index contributed by atoms with van der Waals surface area (Å²) < 4.78 is 82.7. The van der Waals surface area contributed by atoms with Gasteiger partial charge in [-0.25, -0.2) is 8.78 Å². The number of alkyl halides is 3. The van der Waals surface area contributed by atoms with Gasteiger partial charge in [0.15, 0.2) is 5.82 Å². The van der Waals surface area contributed by atoms with Crippen molar-refractivity contribution in [3.05, 3.63) is 57.4 Å². The van der Waals surface area contributed by atoms with Crippen LogP contribution < -0.4 is 15.0 Å². The molecule has 1 saturated carbocycles. The number of hydrogen-bond acceptors (Lipinski definition) is 4. The van der Waals surface area contributed by atoms with Crippen molar-refractivity contribution in [2.75, 3.05) is 13.7 Å². The average Bonchev–Trinajstić information content (AvgIpc) is 3.54. The van der Waals surface area contributed by atoms with E-state index in [0.717, 1.165) is 41.8 Å². The van der Waals surface area contributed by atoms with Crippen LogP contribution >= 0.6 is 0 Å². The lowest BCUT2D eigenvalue weighted by atomic mass is 10.1. The summed E-state index contributed by atoms with van der Waals surface area (Å²) in [4.78, 5) is 17.0. The van der Waals surface area contributed by atoms with Crippen LogP contribution in [0.2, 0.25) is 0 Å². The molecule has 2 aromatic heterocycles. The molecule has 176 valence electrons. The number of hydrogen-bond donors (Lipinski definition) is 0. The molecule has 0 saturated heterocycles. The van der Waals surface area contributed by atoms with Crippen molar-refractivity contribution in [3.8, 4) is 28.7 Å². The zero-order valence-corrected chi connectivity index (χ0v) is 18.0. The standard InChI is InChI=1S/C22H20F5N3O3/c1-11-19(18-15(23)8-13(32-3)9-16(18)24)29(2)30(21(11)31)20-14(22(25,26)27)6-7-17(28-20)33-10-12-4-5-12/h6-9,12H,4-5,10H2,1-3H3. The van der Waals surface area contributed by atoms with Crippen molar-refractivity contribution in [1.29, 1.82) is 0 Å². The monoisotopic (exact) mass is 469 g/mol. The van der Waals surface area contributed by atoms with Crippen molar-refractivity contribution in [2.45, 2.75) is 25.9 Å². The maximum atomic E-state index is 14.7. The molecule has 11 heteroatoms. The summed E-state index contributed by atoms with van der Waals surface area (Å²) in [5.41, 5.74) is -3.04. The molecule has 0 amide bonds. The Balaban J connectivity index is 1.92. The second kappa shape index (κ2) is 8.20. The Morgan fingerprint density at radius 3 is 2.33 bits per heavy atom. The molecule has 33 heavy (non-hydrogen) atoms. The highest BCUT2D eigenvalue weighted by atomic mass is 19.4.